The first kappa shape index (κ1) is 9.78. The molecule has 7 heteroatoms. The first-order valence-electron chi connectivity index (χ1n) is 3.22. The van der Waals surface area contributed by atoms with Crippen molar-refractivity contribution in [1.29, 1.82) is 0 Å². The lowest BCUT2D eigenvalue weighted by molar-refractivity contribution is 0.467. The van der Waals surface area contributed by atoms with E-state index in [-0.39, 0.29) is 16.3 Å². The first-order chi connectivity index (χ1) is 5.95. The number of nitrogens with one attached hydrogen (secondary N) is 1. The molecule has 0 amide bonds. The second-order valence-corrected chi connectivity index (χ2v) is 3.72. The van der Waals surface area contributed by atoms with Gasteiger partial charge in [-0.15, -0.1) is 0 Å². The van der Waals surface area contributed by atoms with Crippen LogP contribution in [0.15, 0.2) is 23.1 Å². The first-order valence-corrected chi connectivity index (χ1v) is 4.66. The van der Waals surface area contributed by atoms with Crippen molar-refractivity contribution in [2.24, 2.45) is 5.84 Å². The summed E-state index contributed by atoms with van der Waals surface area (Å²) in [7, 11) is -4.28. The maximum atomic E-state index is 10.6. The predicted molar refractivity (Wildman–Crippen MR) is 45.7 cm³/mol. The Morgan fingerprint density at radius 3 is 2.38 bits per heavy atom. The van der Waals surface area contributed by atoms with Crippen LogP contribution in [0, 0.1) is 0 Å². The van der Waals surface area contributed by atoms with Crippen molar-refractivity contribution in [1.82, 2.24) is 0 Å². The van der Waals surface area contributed by atoms with Gasteiger partial charge in [-0.25, -0.2) is 0 Å². The molecule has 1 aromatic carbocycles. The normalized spacial score (nSPS) is 11.2. The van der Waals surface area contributed by atoms with Crippen LogP contribution in [0.4, 0.5) is 5.69 Å². The average molecular weight is 204 g/mol. The smallest absolute Gasteiger partial charge is 0.294 e. The molecule has 0 atom stereocenters. The summed E-state index contributed by atoms with van der Waals surface area (Å²) in [6.45, 7) is 0. The van der Waals surface area contributed by atoms with Crippen molar-refractivity contribution in [3.8, 4) is 5.75 Å². The molecule has 0 fully saturated rings. The quantitative estimate of drug-likeness (QED) is 0.232. The highest BCUT2D eigenvalue weighted by Gasteiger charge is 2.11. The van der Waals surface area contributed by atoms with E-state index in [1.807, 2.05) is 0 Å². The minimum Gasteiger partial charge on any atom is -0.506 e. The zero-order valence-electron chi connectivity index (χ0n) is 6.43. The van der Waals surface area contributed by atoms with Crippen LogP contribution in [0.3, 0.4) is 0 Å². The summed E-state index contributed by atoms with van der Waals surface area (Å²) in [6.07, 6.45) is 0. The molecule has 0 aliphatic rings. The standard InChI is InChI=1S/C6H8N2O4S/c7-8-5-2-1-4(3-6(5)9)13(10,11)12/h1-3,8-9H,7H2,(H,10,11,12). The van der Waals surface area contributed by atoms with Crippen molar-refractivity contribution >= 4 is 15.8 Å². The number of hydrazine groups is 1. The van der Waals surface area contributed by atoms with Gasteiger partial charge in [0.1, 0.15) is 5.75 Å². The highest BCUT2D eigenvalue weighted by Crippen LogP contribution is 2.25. The third-order valence-electron chi connectivity index (χ3n) is 1.42. The maximum Gasteiger partial charge on any atom is 0.294 e. The monoisotopic (exact) mass is 204 g/mol. The average Bonchev–Trinajstić information content (AvgIpc) is 2.02. The molecule has 6 nitrogen and oxygen atoms in total. The van der Waals surface area contributed by atoms with Crippen LogP contribution in [0.25, 0.3) is 0 Å². The molecular formula is C6H8N2O4S. The molecule has 0 spiro atoms. The van der Waals surface area contributed by atoms with Gasteiger partial charge in [-0.3, -0.25) is 10.4 Å². The minimum atomic E-state index is -4.28. The van der Waals surface area contributed by atoms with Gasteiger partial charge in [0.15, 0.2) is 0 Å². The Kier molecular flexibility index (Phi) is 2.41. The molecule has 72 valence electrons. The topological polar surface area (TPSA) is 113 Å². The number of nitrogens with two attached hydrogens (primary N) is 1. The molecule has 5 N–H and O–H groups in total. The van der Waals surface area contributed by atoms with Gasteiger partial charge < -0.3 is 10.5 Å². The van der Waals surface area contributed by atoms with Crippen LogP contribution in [-0.2, 0) is 10.1 Å². The fourth-order valence-corrected chi connectivity index (χ4v) is 1.29. The van der Waals surface area contributed by atoms with Crippen LogP contribution in [-0.4, -0.2) is 18.1 Å². The van der Waals surface area contributed by atoms with E-state index in [4.69, 9.17) is 15.5 Å². The SMILES string of the molecule is NNc1ccc(S(=O)(=O)O)cc1O. The maximum absolute atomic E-state index is 10.6. The van der Waals surface area contributed by atoms with Crippen LogP contribution >= 0.6 is 0 Å². The molecule has 0 radical (unpaired) electrons. The van der Waals surface area contributed by atoms with Gasteiger partial charge in [0.25, 0.3) is 10.1 Å². The van der Waals surface area contributed by atoms with E-state index in [2.05, 4.69) is 5.43 Å². The van der Waals surface area contributed by atoms with Crippen molar-refractivity contribution < 1.29 is 18.1 Å². The second-order valence-electron chi connectivity index (χ2n) is 2.30. The lowest BCUT2D eigenvalue weighted by Crippen LogP contribution is -2.07. The van der Waals surface area contributed by atoms with Crippen LogP contribution < -0.4 is 11.3 Å². The Hall–Kier alpha value is -1.31. The fourth-order valence-electron chi connectivity index (χ4n) is 0.794. The molecule has 0 bridgehead atoms. The van der Waals surface area contributed by atoms with E-state index in [1.165, 1.54) is 6.07 Å². The van der Waals surface area contributed by atoms with E-state index in [0.717, 1.165) is 12.1 Å². The number of aromatic hydroxyl groups is 1. The summed E-state index contributed by atoms with van der Waals surface area (Å²) >= 11 is 0. The van der Waals surface area contributed by atoms with Gasteiger partial charge in [-0.2, -0.15) is 8.42 Å². The Labute approximate surface area is 74.7 Å². The van der Waals surface area contributed by atoms with Gasteiger partial charge in [-0.1, -0.05) is 0 Å². The molecule has 0 saturated carbocycles. The van der Waals surface area contributed by atoms with E-state index >= 15 is 0 Å². The summed E-state index contributed by atoms with van der Waals surface area (Å²) in [5.41, 5.74) is 2.32. The zero-order valence-corrected chi connectivity index (χ0v) is 7.25. The van der Waals surface area contributed by atoms with Gasteiger partial charge in [-0.05, 0) is 12.1 Å². The van der Waals surface area contributed by atoms with Crippen molar-refractivity contribution in [2.75, 3.05) is 5.43 Å². The zero-order chi connectivity index (χ0) is 10.1. The summed E-state index contributed by atoms with van der Waals surface area (Å²) in [6, 6.07) is 3.24. The van der Waals surface area contributed by atoms with Crippen molar-refractivity contribution in [3.05, 3.63) is 18.2 Å². The highest BCUT2D eigenvalue weighted by atomic mass is 32.2. The Morgan fingerprint density at radius 1 is 1.38 bits per heavy atom. The Balaban J connectivity index is 3.26. The third-order valence-corrected chi connectivity index (χ3v) is 2.27. The molecule has 1 rings (SSSR count). The predicted octanol–water partition coefficient (Wildman–Crippen LogP) is -0.0755. The highest BCUT2D eigenvalue weighted by molar-refractivity contribution is 7.85. The van der Waals surface area contributed by atoms with Crippen molar-refractivity contribution in [3.63, 3.8) is 0 Å². The largest absolute Gasteiger partial charge is 0.506 e. The van der Waals surface area contributed by atoms with Gasteiger partial charge in [0, 0.05) is 6.07 Å². The van der Waals surface area contributed by atoms with E-state index in [0.29, 0.717) is 0 Å². The van der Waals surface area contributed by atoms with Gasteiger partial charge in [0.2, 0.25) is 0 Å². The second kappa shape index (κ2) is 3.21. The minimum absolute atomic E-state index is 0.174. The summed E-state index contributed by atoms with van der Waals surface area (Å²) < 4.78 is 29.7. The van der Waals surface area contributed by atoms with Crippen LogP contribution in [0.2, 0.25) is 0 Å². The number of hydrogen-bond acceptors (Lipinski definition) is 5. The van der Waals surface area contributed by atoms with Gasteiger partial charge in [0.05, 0.1) is 10.6 Å². The van der Waals surface area contributed by atoms with Gasteiger partial charge >= 0.3 is 0 Å². The molecule has 0 aliphatic carbocycles. The molecule has 1 aromatic rings. The molecule has 0 unspecified atom stereocenters. The number of phenolic OH excluding ortho intramolecular Hbond substituents is 1. The Bertz CT molecular complexity index is 415. The lowest BCUT2D eigenvalue weighted by atomic mass is 10.3. The molecule has 13 heavy (non-hydrogen) atoms. The van der Waals surface area contributed by atoms with Crippen LogP contribution in [0.5, 0.6) is 5.75 Å². The van der Waals surface area contributed by atoms with E-state index < -0.39 is 10.1 Å². The summed E-state index contributed by atoms with van der Waals surface area (Å²) in [4.78, 5) is -0.385. The number of nitrogen functional groups attached to an aromatic ring is 1. The number of anilines is 1. The van der Waals surface area contributed by atoms with Crippen molar-refractivity contribution in [2.45, 2.75) is 4.90 Å². The number of phenols is 1. The summed E-state index contributed by atoms with van der Waals surface area (Å²) in [5, 5.41) is 9.14. The number of benzene rings is 1. The van der Waals surface area contributed by atoms with E-state index in [9.17, 15) is 8.42 Å². The van der Waals surface area contributed by atoms with E-state index in [1.54, 1.807) is 0 Å². The Morgan fingerprint density at radius 2 is 2.00 bits per heavy atom. The number of hydrogen-bond donors (Lipinski definition) is 4. The molecule has 0 aromatic heterocycles. The molecular weight excluding hydrogens is 196 g/mol. The third kappa shape index (κ3) is 2.08. The number of rotatable bonds is 2. The summed E-state index contributed by atoms with van der Waals surface area (Å²) in [5.74, 6) is 4.64. The fraction of sp³-hybridized carbons (Fsp3) is 0. The lowest BCUT2D eigenvalue weighted by Gasteiger charge is -2.03. The molecule has 0 heterocycles. The molecule has 0 saturated heterocycles. The van der Waals surface area contributed by atoms with Crippen LogP contribution in [0.1, 0.15) is 0 Å². The molecule has 0 aliphatic heterocycles.